The summed E-state index contributed by atoms with van der Waals surface area (Å²) in [5, 5.41) is 0. The summed E-state index contributed by atoms with van der Waals surface area (Å²) in [6.07, 6.45) is 21.1. The van der Waals surface area contributed by atoms with Gasteiger partial charge in [-0.1, -0.05) is 111 Å². The van der Waals surface area contributed by atoms with E-state index in [1.54, 1.807) is 6.42 Å². The minimum atomic E-state index is 0. The average molecular weight is 345 g/mol. The molecule has 3 rings (SSSR count). The lowest BCUT2D eigenvalue weighted by Gasteiger charge is -2.32. The maximum absolute atomic E-state index is 2.43. The maximum atomic E-state index is 2.43. The fourth-order valence-electron chi connectivity index (χ4n) is 5.34. The van der Waals surface area contributed by atoms with Crippen molar-refractivity contribution in [1.29, 1.82) is 0 Å². The molecule has 0 aromatic carbocycles. The first-order valence-corrected chi connectivity index (χ1v) is 11.6. The molecule has 0 bridgehead atoms. The van der Waals surface area contributed by atoms with Crippen LogP contribution in [0.25, 0.3) is 0 Å². The van der Waals surface area contributed by atoms with Crippen LogP contribution in [-0.4, -0.2) is 8.41 Å². The molecule has 0 aromatic rings. The fraction of sp³-hybridized carbons (Fsp3) is 1.00. The predicted octanol–water partition coefficient (Wildman–Crippen LogP) is 7.87. The summed E-state index contributed by atoms with van der Waals surface area (Å²) in [6.45, 7) is 9.56. The zero-order valence-electron chi connectivity index (χ0n) is 17.9. The van der Waals surface area contributed by atoms with Crippen molar-refractivity contribution in [2.45, 2.75) is 118 Å². The van der Waals surface area contributed by atoms with Crippen molar-refractivity contribution in [3.8, 4) is 0 Å². The lowest BCUT2D eigenvalue weighted by Crippen LogP contribution is -2.19. The van der Waals surface area contributed by atoms with Gasteiger partial charge in [0.05, 0.1) is 0 Å². The first kappa shape index (κ1) is 23.1. The van der Waals surface area contributed by atoms with Gasteiger partial charge in [-0.25, -0.2) is 0 Å². The van der Waals surface area contributed by atoms with Crippen LogP contribution in [0.1, 0.15) is 118 Å². The third-order valence-corrected chi connectivity index (χ3v) is 7.65. The van der Waals surface area contributed by atoms with Crippen LogP contribution < -0.4 is 0 Å². The van der Waals surface area contributed by atoms with E-state index in [-0.39, 0.29) is 8.41 Å². The van der Waals surface area contributed by atoms with Crippen molar-refractivity contribution in [3.05, 3.63) is 0 Å². The molecule has 0 N–H and O–H groups in total. The van der Waals surface area contributed by atoms with Crippen LogP contribution in [0.4, 0.5) is 0 Å². The molecule has 0 unspecified atom stereocenters. The maximum Gasteiger partial charge on any atom is 0 e. The lowest BCUT2D eigenvalue weighted by atomic mass is 9.74. The van der Waals surface area contributed by atoms with Gasteiger partial charge in [0, 0.05) is 8.41 Å². The molecular weight excluding hydrogens is 299 g/mol. The van der Waals surface area contributed by atoms with Crippen molar-refractivity contribution in [2.75, 3.05) is 0 Å². The van der Waals surface area contributed by atoms with E-state index >= 15 is 0 Å². The molecule has 0 atom stereocenters. The van der Waals surface area contributed by atoms with Gasteiger partial charge in [-0.15, -0.1) is 0 Å². The molecule has 3 aliphatic carbocycles. The zero-order chi connectivity index (χ0) is 17.4. The number of rotatable bonds is 3. The molecule has 3 radical (unpaired) electrons. The molecule has 3 saturated carbocycles. The van der Waals surface area contributed by atoms with E-state index in [0.29, 0.717) is 0 Å². The molecule has 0 nitrogen and oxygen atoms in total. The lowest BCUT2D eigenvalue weighted by molar-refractivity contribution is 0.201. The van der Waals surface area contributed by atoms with E-state index in [4.69, 9.17) is 0 Å². The largest absolute Gasteiger partial charge is 0.0651 e. The molecule has 0 aromatic heterocycles. The Labute approximate surface area is 161 Å². The summed E-state index contributed by atoms with van der Waals surface area (Å²) >= 11 is 0. The van der Waals surface area contributed by atoms with Gasteiger partial charge < -0.3 is 0 Å². The fourth-order valence-corrected chi connectivity index (χ4v) is 5.34. The smallest absolute Gasteiger partial charge is 0 e. The van der Waals surface area contributed by atoms with Gasteiger partial charge in [0.2, 0.25) is 0 Å². The van der Waals surface area contributed by atoms with Gasteiger partial charge >= 0.3 is 0 Å². The molecule has 0 heterocycles. The van der Waals surface area contributed by atoms with Gasteiger partial charge in [0.1, 0.15) is 0 Å². The Morgan fingerprint density at radius 2 is 0.760 bits per heavy atom. The van der Waals surface area contributed by atoms with Crippen LogP contribution in [-0.2, 0) is 0 Å². The van der Waals surface area contributed by atoms with Crippen molar-refractivity contribution in [3.63, 3.8) is 0 Å². The van der Waals surface area contributed by atoms with Crippen molar-refractivity contribution in [1.82, 2.24) is 0 Å². The topological polar surface area (TPSA) is 0 Å². The van der Waals surface area contributed by atoms with E-state index in [9.17, 15) is 0 Å². The highest BCUT2D eigenvalue weighted by Gasteiger charge is 2.24. The molecule has 145 valence electrons. The summed E-state index contributed by atoms with van der Waals surface area (Å²) in [5.41, 5.74) is 0. The van der Waals surface area contributed by atoms with E-state index in [2.05, 4.69) is 27.7 Å². The van der Waals surface area contributed by atoms with Gasteiger partial charge in [-0.05, 0) is 41.9 Å². The number of hydrogen-bond acceptors (Lipinski definition) is 0. The van der Waals surface area contributed by atoms with E-state index < -0.39 is 0 Å². The SMILES string of the molecule is CC1CCC(CC2CCC(C)CC2)CC1.CCC1CCC(C)CC1.[B]. The Hall–Kier alpha value is 0.0649. The summed E-state index contributed by atoms with van der Waals surface area (Å²) in [7, 11) is 0. The van der Waals surface area contributed by atoms with Gasteiger partial charge in [0.25, 0.3) is 0 Å². The summed E-state index contributed by atoms with van der Waals surface area (Å²) in [5.74, 6) is 6.33. The highest BCUT2D eigenvalue weighted by molar-refractivity contribution is 5.75. The average Bonchev–Trinajstić information content (AvgIpc) is 2.60. The van der Waals surface area contributed by atoms with Crippen LogP contribution in [0.5, 0.6) is 0 Å². The Bertz CT molecular complexity index is 282. The van der Waals surface area contributed by atoms with Gasteiger partial charge in [-0.2, -0.15) is 0 Å². The highest BCUT2D eigenvalue weighted by Crippen LogP contribution is 2.38. The molecular formula is C24H46B. The molecule has 0 amide bonds. The third-order valence-electron chi connectivity index (χ3n) is 7.65. The summed E-state index contributed by atoms with van der Waals surface area (Å²) in [4.78, 5) is 0. The monoisotopic (exact) mass is 345 g/mol. The molecule has 1 heteroatoms. The van der Waals surface area contributed by atoms with Gasteiger partial charge in [0.15, 0.2) is 0 Å². The first-order valence-electron chi connectivity index (χ1n) is 11.6. The van der Waals surface area contributed by atoms with Gasteiger partial charge in [-0.3, -0.25) is 0 Å². The first-order chi connectivity index (χ1) is 11.6. The van der Waals surface area contributed by atoms with Crippen LogP contribution in [0.15, 0.2) is 0 Å². The minimum absolute atomic E-state index is 0. The van der Waals surface area contributed by atoms with Crippen LogP contribution >= 0.6 is 0 Å². The van der Waals surface area contributed by atoms with E-state index in [1.165, 1.54) is 83.5 Å². The van der Waals surface area contributed by atoms with Crippen molar-refractivity contribution in [2.24, 2.45) is 35.5 Å². The molecule has 25 heavy (non-hydrogen) atoms. The van der Waals surface area contributed by atoms with Crippen LogP contribution in [0.2, 0.25) is 0 Å². The Morgan fingerprint density at radius 1 is 0.480 bits per heavy atom. The normalized spacial score (nSPS) is 38.9. The third kappa shape index (κ3) is 9.01. The van der Waals surface area contributed by atoms with Crippen molar-refractivity contribution >= 4 is 8.41 Å². The Kier molecular flexibility index (Phi) is 11.5. The predicted molar refractivity (Wildman–Crippen MR) is 114 cm³/mol. The molecule has 3 fully saturated rings. The molecule has 0 spiro atoms. The molecule has 0 saturated heterocycles. The Balaban J connectivity index is 0.000000270. The standard InChI is InChI=1S/C15H28.C9H18.B/c1-12-3-7-14(8-4-12)11-15-9-5-13(2)6-10-15;1-3-9-6-4-8(2)5-7-9;/h12-15H,3-11H2,1-2H3;8-9H,3-7H2,1-2H3;. The second-order valence-electron chi connectivity index (χ2n) is 10.0. The summed E-state index contributed by atoms with van der Waals surface area (Å²) < 4.78 is 0. The minimum Gasteiger partial charge on any atom is -0.0651 e. The highest BCUT2D eigenvalue weighted by atomic mass is 14.3. The van der Waals surface area contributed by atoms with Crippen LogP contribution in [0.3, 0.4) is 0 Å². The molecule has 0 aliphatic heterocycles. The van der Waals surface area contributed by atoms with Crippen LogP contribution in [0, 0.1) is 35.5 Å². The summed E-state index contributed by atoms with van der Waals surface area (Å²) in [6, 6.07) is 0. The van der Waals surface area contributed by atoms with E-state index in [1.807, 2.05) is 0 Å². The Morgan fingerprint density at radius 3 is 1.04 bits per heavy atom. The zero-order valence-corrected chi connectivity index (χ0v) is 17.9. The molecule has 3 aliphatic rings. The quantitative estimate of drug-likeness (QED) is 0.456. The second-order valence-corrected chi connectivity index (χ2v) is 10.0. The number of hydrogen-bond donors (Lipinski definition) is 0. The van der Waals surface area contributed by atoms with Crippen molar-refractivity contribution < 1.29 is 0 Å². The van der Waals surface area contributed by atoms with E-state index in [0.717, 1.165) is 35.5 Å². The second kappa shape index (κ2) is 12.5.